The van der Waals surface area contributed by atoms with Crippen LogP contribution in [-0.4, -0.2) is 6.54 Å². The van der Waals surface area contributed by atoms with E-state index in [1.165, 1.54) is 6.07 Å². The lowest BCUT2D eigenvalue weighted by molar-refractivity contribution is 0.624. The van der Waals surface area contributed by atoms with Crippen LogP contribution in [0.25, 0.3) is 0 Å². The fraction of sp³-hybridized carbons (Fsp3) is 0.333. The third-order valence-corrected chi connectivity index (χ3v) is 2.43. The fourth-order valence-corrected chi connectivity index (χ4v) is 1.47. The molecule has 66 valence electrons. The molecule has 0 fully saturated rings. The van der Waals surface area contributed by atoms with Gasteiger partial charge in [0.25, 0.3) is 0 Å². The Labute approximate surface area is 79.9 Å². The first kappa shape index (κ1) is 9.68. The number of benzene rings is 1. The van der Waals surface area contributed by atoms with Crippen molar-refractivity contribution in [3.63, 3.8) is 0 Å². The molecular weight excluding hydrogens is 221 g/mol. The highest BCUT2D eigenvalue weighted by atomic mass is 79.9. The van der Waals surface area contributed by atoms with Crippen molar-refractivity contribution < 1.29 is 4.39 Å². The zero-order valence-electron chi connectivity index (χ0n) is 6.69. The van der Waals surface area contributed by atoms with Gasteiger partial charge in [0, 0.05) is 4.47 Å². The van der Waals surface area contributed by atoms with E-state index in [1.807, 2.05) is 0 Å². The molecule has 0 aliphatic rings. The number of hydrogen-bond donors (Lipinski definition) is 1. The van der Waals surface area contributed by atoms with Crippen molar-refractivity contribution in [2.45, 2.75) is 12.8 Å². The maximum atomic E-state index is 12.7. The average Bonchev–Trinajstić information content (AvgIpc) is 2.07. The minimum absolute atomic E-state index is 0.190. The van der Waals surface area contributed by atoms with Gasteiger partial charge in [-0.1, -0.05) is 15.9 Å². The summed E-state index contributed by atoms with van der Waals surface area (Å²) >= 11 is 3.35. The Hall–Kier alpha value is -0.410. The third-order valence-electron chi connectivity index (χ3n) is 1.66. The molecule has 3 heteroatoms. The Morgan fingerprint density at radius 2 is 2.17 bits per heavy atom. The quantitative estimate of drug-likeness (QED) is 0.851. The summed E-state index contributed by atoms with van der Waals surface area (Å²) in [6, 6.07) is 4.71. The van der Waals surface area contributed by atoms with Crippen molar-refractivity contribution in [1.29, 1.82) is 0 Å². The smallest absolute Gasteiger partial charge is 0.123 e. The highest BCUT2D eigenvalue weighted by molar-refractivity contribution is 9.10. The Morgan fingerprint density at radius 1 is 1.42 bits per heavy atom. The lowest BCUT2D eigenvalue weighted by Crippen LogP contribution is -2.00. The second-order valence-corrected chi connectivity index (χ2v) is 3.48. The van der Waals surface area contributed by atoms with E-state index in [1.54, 1.807) is 12.1 Å². The molecule has 0 aliphatic carbocycles. The molecular formula is C9H11BrFN. The Kier molecular flexibility index (Phi) is 3.69. The van der Waals surface area contributed by atoms with E-state index in [0.717, 1.165) is 22.9 Å². The van der Waals surface area contributed by atoms with Gasteiger partial charge in [0.2, 0.25) is 0 Å². The molecule has 0 saturated carbocycles. The van der Waals surface area contributed by atoms with Crippen LogP contribution in [0.2, 0.25) is 0 Å². The minimum Gasteiger partial charge on any atom is -0.330 e. The van der Waals surface area contributed by atoms with E-state index < -0.39 is 0 Å². The molecule has 2 N–H and O–H groups in total. The molecule has 1 aromatic carbocycles. The van der Waals surface area contributed by atoms with Gasteiger partial charge in [-0.05, 0) is 43.1 Å². The van der Waals surface area contributed by atoms with Gasteiger partial charge >= 0.3 is 0 Å². The lowest BCUT2D eigenvalue weighted by Gasteiger charge is -2.02. The van der Waals surface area contributed by atoms with E-state index in [9.17, 15) is 4.39 Å². The predicted molar refractivity (Wildman–Crippen MR) is 51.5 cm³/mol. The molecule has 0 heterocycles. The van der Waals surface area contributed by atoms with E-state index in [-0.39, 0.29) is 5.82 Å². The molecule has 0 aromatic heterocycles. The van der Waals surface area contributed by atoms with E-state index in [4.69, 9.17) is 5.73 Å². The fourth-order valence-electron chi connectivity index (χ4n) is 1.03. The molecule has 1 rings (SSSR count). The van der Waals surface area contributed by atoms with Gasteiger partial charge in [-0.2, -0.15) is 0 Å². The van der Waals surface area contributed by atoms with Crippen LogP contribution in [0.5, 0.6) is 0 Å². The van der Waals surface area contributed by atoms with E-state index in [0.29, 0.717) is 6.54 Å². The monoisotopic (exact) mass is 231 g/mol. The molecule has 12 heavy (non-hydrogen) atoms. The van der Waals surface area contributed by atoms with E-state index >= 15 is 0 Å². The Balaban J connectivity index is 2.75. The normalized spacial score (nSPS) is 10.2. The number of aryl methyl sites for hydroxylation is 1. The first-order valence-corrected chi connectivity index (χ1v) is 4.67. The summed E-state index contributed by atoms with van der Waals surface area (Å²) < 4.78 is 13.7. The van der Waals surface area contributed by atoms with Crippen LogP contribution in [0.4, 0.5) is 4.39 Å². The van der Waals surface area contributed by atoms with Crippen LogP contribution >= 0.6 is 15.9 Å². The van der Waals surface area contributed by atoms with Crippen LogP contribution in [-0.2, 0) is 6.42 Å². The van der Waals surface area contributed by atoms with Crippen LogP contribution < -0.4 is 5.73 Å². The molecule has 0 radical (unpaired) electrons. The van der Waals surface area contributed by atoms with Gasteiger partial charge in [-0.3, -0.25) is 0 Å². The third kappa shape index (κ3) is 2.57. The minimum atomic E-state index is -0.190. The van der Waals surface area contributed by atoms with Gasteiger partial charge in [0.05, 0.1) is 0 Å². The van der Waals surface area contributed by atoms with Gasteiger partial charge < -0.3 is 5.73 Å². The molecule has 0 unspecified atom stereocenters. The zero-order chi connectivity index (χ0) is 8.97. The average molecular weight is 232 g/mol. The topological polar surface area (TPSA) is 26.0 Å². The first-order chi connectivity index (χ1) is 5.74. The summed E-state index contributed by atoms with van der Waals surface area (Å²) in [4.78, 5) is 0. The van der Waals surface area contributed by atoms with Gasteiger partial charge in [-0.15, -0.1) is 0 Å². The van der Waals surface area contributed by atoms with Crippen molar-refractivity contribution in [3.05, 3.63) is 34.1 Å². The molecule has 1 aromatic rings. The summed E-state index contributed by atoms with van der Waals surface area (Å²) in [5.41, 5.74) is 6.34. The maximum absolute atomic E-state index is 12.7. The molecule has 0 spiro atoms. The van der Waals surface area contributed by atoms with Crippen molar-refractivity contribution in [2.24, 2.45) is 5.73 Å². The molecule has 0 atom stereocenters. The van der Waals surface area contributed by atoms with Crippen LogP contribution in [0, 0.1) is 5.82 Å². The van der Waals surface area contributed by atoms with Gasteiger partial charge in [-0.25, -0.2) is 4.39 Å². The van der Waals surface area contributed by atoms with E-state index in [2.05, 4.69) is 15.9 Å². The van der Waals surface area contributed by atoms with Crippen molar-refractivity contribution in [1.82, 2.24) is 0 Å². The highest BCUT2D eigenvalue weighted by Gasteiger charge is 2.00. The largest absolute Gasteiger partial charge is 0.330 e. The van der Waals surface area contributed by atoms with Gasteiger partial charge in [0.1, 0.15) is 5.82 Å². The second kappa shape index (κ2) is 4.58. The van der Waals surface area contributed by atoms with Crippen molar-refractivity contribution in [3.8, 4) is 0 Å². The summed E-state index contributed by atoms with van der Waals surface area (Å²) in [5.74, 6) is -0.190. The second-order valence-electron chi connectivity index (χ2n) is 2.63. The Morgan fingerprint density at radius 3 is 2.83 bits per heavy atom. The van der Waals surface area contributed by atoms with Crippen molar-refractivity contribution in [2.75, 3.05) is 6.54 Å². The number of rotatable bonds is 3. The SMILES string of the molecule is NCCCc1cc(F)ccc1Br. The first-order valence-electron chi connectivity index (χ1n) is 3.88. The lowest BCUT2D eigenvalue weighted by atomic mass is 10.1. The van der Waals surface area contributed by atoms with Gasteiger partial charge in [0.15, 0.2) is 0 Å². The number of nitrogens with two attached hydrogens (primary N) is 1. The molecule has 0 amide bonds. The zero-order valence-corrected chi connectivity index (χ0v) is 8.27. The van der Waals surface area contributed by atoms with Crippen LogP contribution in [0.1, 0.15) is 12.0 Å². The molecule has 0 saturated heterocycles. The van der Waals surface area contributed by atoms with Crippen LogP contribution in [0.15, 0.2) is 22.7 Å². The molecule has 1 nitrogen and oxygen atoms in total. The predicted octanol–water partition coefficient (Wildman–Crippen LogP) is 2.48. The standard InChI is InChI=1S/C9H11BrFN/c10-9-4-3-8(11)6-7(9)2-1-5-12/h3-4,6H,1-2,5,12H2. The summed E-state index contributed by atoms with van der Waals surface area (Å²) in [5, 5.41) is 0. The Bertz CT molecular complexity index is 263. The summed E-state index contributed by atoms with van der Waals surface area (Å²) in [6.07, 6.45) is 1.72. The van der Waals surface area contributed by atoms with Crippen LogP contribution in [0.3, 0.4) is 0 Å². The molecule has 0 aliphatic heterocycles. The molecule has 0 bridgehead atoms. The highest BCUT2D eigenvalue weighted by Crippen LogP contribution is 2.18. The summed E-state index contributed by atoms with van der Waals surface area (Å²) in [7, 11) is 0. The van der Waals surface area contributed by atoms with Crippen molar-refractivity contribution >= 4 is 15.9 Å². The number of hydrogen-bond acceptors (Lipinski definition) is 1. The summed E-state index contributed by atoms with van der Waals surface area (Å²) in [6.45, 7) is 0.642. The number of halogens is 2. The maximum Gasteiger partial charge on any atom is 0.123 e.